The van der Waals surface area contributed by atoms with Gasteiger partial charge in [-0.3, -0.25) is 4.79 Å². The molecule has 1 unspecified atom stereocenters. The number of nitrogens with one attached hydrogen (secondary N) is 1. The fourth-order valence-corrected chi connectivity index (χ4v) is 4.13. The van der Waals surface area contributed by atoms with Gasteiger partial charge in [0.15, 0.2) is 4.34 Å². The molecular weight excluding hydrogens is 278 g/mol. The highest BCUT2D eigenvalue weighted by Crippen LogP contribution is 2.27. The molecule has 0 aromatic carbocycles. The molecule has 6 heteroatoms. The zero-order valence-corrected chi connectivity index (χ0v) is 12.3. The maximum Gasteiger partial charge on any atom is 0.244 e. The van der Waals surface area contributed by atoms with Gasteiger partial charge in [-0.15, -0.1) is 11.3 Å². The van der Waals surface area contributed by atoms with Crippen LogP contribution in [0.4, 0.5) is 0 Å². The van der Waals surface area contributed by atoms with Crippen molar-refractivity contribution < 1.29 is 4.79 Å². The van der Waals surface area contributed by atoms with Crippen molar-refractivity contribution in [2.75, 3.05) is 19.6 Å². The molecule has 3 aliphatic rings. The van der Waals surface area contributed by atoms with Crippen LogP contribution in [0.1, 0.15) is 12.8 Å². The first-order valence-electron chi connectivity index (χ1n) is 6.57. The first kappa shape index (κ1) is 13.1. The van der Waals surface area contributed by atoms with Gasteiger partial charge in [0.25, 0.3) is 0 Å². The van der Waals surface area contributed by atoms with Crippen LogP contribution in [0.15, 0.2) is 27.4 Å². The third kappa shape index (κ3) is 3.38. The quantitative estimate of drug-likeness (QED) is 0.681. The van der Waals surface area contributed by atoms with Gasteiger partial charge in [-0.05, 0) is 37.3 Å². The van der Waals surface area contributed by atoms with E-state index in [2.05, 4.69) is 15.2 Å². The molecule has 1 aromatic rings. The Hall–Kier alpha value is -0.850. The molecular formula is C13H17N3OS2. The third-order valence-corrected chi connectivity index (χ3v) is 5.50. The summed E-state index contributed by atoms with van der Waals surface area (Å²) in [6.07, 6.45) is 5.84. The van der Waals surface area contributed by atoms with Gasteiger partial charge in [0.05, 0.1) is 0 Å². The molecule has 0 saturated carbocycles. The van der Waals surface area contributed by atoms with Crippen molar-refractivity contribution in [3.63, 3.8) is 0 Å². The summed E-state index contributed by atoms with van der Waals surface area (Å²) in [5.41, 5.74) is 0. The van der Waals surface area contributed by atoms with Crippen LogP contribution in [0.3, 0.4) is 0 Å². The van der Waals surface area contributed by atoms with Crippen LogP contribution in [-0.4, -0.2) is 41.5 Å². The van der Waals surface area contributed by atoms with Gasteiger partial charge < -0.3 is 10.2 Å². The summed E-state index contributed by atoms with van der Waals surface area (Å²) in [6, 6.07) is 0.338. The van der Waals surface area contributed by atoms with Crippen LogP contribution in [0.2, 0.25) is 0 Å². The average Bonchev–Trinajstić information content (AvgIpc) is 2.93. The van der Waals surface area contributed by atoms with E-state index in [1.807, 2.05) is 10.8 Å². The Bertz CT molecular complexity index is 452. The molecule has 0 radical (unpaired) electrons. The molecule has 4 rings (SSSR count). The van der Waals surface area contributed by atoms with E-state index in [-0.39, 0.29) is 5.91 Å². The number of hydrogen-bond donors (Lipinski definition) is 1. The van der Waals surface area contributed by atoms with E-state index < -0.39 is 0 Å². The lowest BCUT2D eigenvalue weighted by Crippen LogP contribution is -2.57. The van der Waals surface area contributed by atoms with Gasteiger partial charge >= 0.3 is 0 Å². The number of aromatic nitrogens is 1. The lowest BCUT2D eigenvalue weighted by molar-refractivity contribution is -0.118. The summed E-state index contributed by atoms with van der Waals surface area (Å²) >= 11 is 3.07. The molecule has 4 heterocycles. The molecule has 2 bridgehead atoms. The Morgan fingerprint density at radius 2 is 2.37 bits per heavy atom. The predicted molar refractivity (Wildman–Crippen MR) is 78.2 cm³/mol. The van der Waals surface area contributed by atoms with Gasteiger partial charge in [0.2, 0.25) is 5.91 Å². The highest BCUT2D eigenvalue weighted by molar-refractivity contribution is 8.03. The fraction of sp³-hybridized carbons (Fsp3) is 0.538. The molecule has 1 atom stereocenters. The molecule has 3 fully saturated rings. The number of carbonyl (C=O) groups excluding carboxylic acids is 1. The molecule has 102 valence electrons. The summed E-state index contributed by atoms with van der Waals surface area (Å²) in [4.78, 5) is 18.5. The Balaban J connectivity index is 1.47. The SMILES string of the molecule is O=C(/C=C\Sc1nccs1)NC1CN2CCC1CC2. The van der Waals surface area contributed by atoms with Crippen LogP contribution in [-0.2, 0) is 4.79 Å². The van der Waals surface area contributed by atoms with Crippen LogP contribution in [0, 0.1) is 5.92 Å². The van der Waals surface area contributed by atoms with Crippen LogP contribution in [0.25, 0.3) is 0 Å². The molecule has 3 aliphatic heterocycles. The van der Waals surface area contributed by atoms with E-state index in [9.17, 15) is 4.79 Å². The number of amides is 1. The van der Waals surface area contributed by atoms with Gasteiger partial charge in [0.1, 0.15) is 0 Å². The normalized spacial score (nSPS) is 29.8. The Morgan fingerprint density at radius 1 is 1.53 bits per heavy atom. The molecule has 0 spiro atoms. The molecule has 4 nitrogen and oxygen atoms in total. The minimum absolute atomic E-state index is 0.0165. The first-order valence-corrected chi connectivity index (χ1v) is 8.33. The smallest absolute Gasteiger partial charge is 0.244 e. The van der Waals surface area contributed by atoms with E-state index >= 15 is 0 Å². The summed E-state index contributed by atoms with van der Waals surface area (Å²) in [5, 5.41) is 6.88. The van der Waals surface area contributed by atoms with Crippen molar-refractivity contribution in [2.45, 2.75) is 23.2 Å². The first-order chi connectivity index (χ1) is 9.31. The standard InChI is InChI=1S/C13H17N3OS2/c17-12(3-7-18-13-14-4-8-19-13)15-11-9-16-5-1-10(11)2-6-16/h3-4,7-8,10-11H,1-2,5-6,9H2,(H,15,17)/b7-3-. The number of rotatable bonds is 4. The number of fused-ring (bicyclic) bond motifs is 3. The second-order valence-electron chi connectivity index (χ2n) is 4.97. The van der Waals surface area contributed by atoms with E-state index in [1.54, 1.807) is 23.6 Å². The topological polar surface area (TPSA) is 45.2 Å². The average molecular weight is 295 g/mol. The molecule has 1 amide bonds. The van der Waals surface area contributed by atoms with Crippen molar-refractivity contribution in [3.8, 4) is 0 Å². The van der Waals surface area contributed by atoms with Gasteiger partial charge in [-0.2, -0.15) is 0 Å². The summed E-state index contributed by atoms with van der Waals surface area (Å²) < 4.78 is 0.965. The Kier molecular flexibility index (Phi) is 4.20. The third-order valence-electron chi connectivity index (χ3n) is 3.78. The van der Waals surface area contributed by atoms with Crippen LogP contribution >= 0.6 is 23.1 Å². The fourth-order valence-electron chi connectivity index (χ4n) is 2.78. The summed E-state index contributed by atoms with van der Waals surface area (Å²) in [6.45, 7) is 3.42. The lowest BCUT2D eigenvalue weighted by atomic mass is 9.84. The Morgan fingerprint density at radius 3 is 3.00 bits per heavy atom. The molecule has 0 aliphatic carbocycles. The number of carbonyl (C=O) groups is 1. The van der Waals surface area contributed by atoms with Gasteiger partial charge in [-0.1, -0.05) is 11.8 Å². The van der Waals surface area contributed by atoms with Gasteiger partial charge in [-0.25, -0.2) is 4.98 Å². The summed E-state index contributed by atoms with van der Waals surface area (Å²) in [5.74, 6) is 0.691. The Labute approximate surface area is 121 Å². The minimum atomic E-state index is 0.0165. The van der Waals surface area contributed by atoms with Crippen molar-refractivity contribution >= 4 is 29.0 Å². The second kappa shape index (κ2) is 6.07. The van der Waals surface area contributed by atoms with E-state index in [0.717, 1.165) is 10.9 Å². The highest BCUT2D eigenvalue weighted by Gasteiger charge is 2.34. The monoisotopic (exact) mass is 295 g/mol. The van der Waals surface area contributed by atoms with Crippen LogP contribution < -0.4 is 5.32 Å². The molecule has 3 saturated heterocycles. The van der Waals surface area contributed by atoms with Crippen molar-refractivity contribution in [2.24, 2.45) is 5.92 Å². The van der Waals surface area contributed by atoms with E-state index in [1.165, 1.54) is 37.7 Å². The molecule has 1 N–H and O–H groups in total. The predicted octanol–water partition coefficient (Wildman–Crippen LogP) is 1.96. The maximum absolute atomic E-state index is 11.9. The van der Waals surface area contributed by atoms with Crippen molar-refractivity contribution in [1.82, 2.24) is 15.2 Å². The van der Waals surface area contributed by atoms with Crippen molar-refractivity contribution in [3.05, 3.63) is 23.1 Å². The largest absolute Gasteiger partial charge is 0.348 e. The number of thioether (sulfide) groups is 1. The molecule has 19 heavy (non-hydrogen) atoms. The van der Waals surface area contributed by atoms with E-state index in [4.69, 9.17) is 0 Å². The molecule has 1 aromatic heterocycles. The number of thiazole rings is 1. The lowest BCUT2D eigenvalue weighted by Gasteiger charge is -2.44. The highest BCUT2D eigenvalue weighted by atomic mass is 32.2. The maximum atomic E-state index is 11.9. The summed E-state index contributed by atoms with van der Waals surface area (Å²) in [7, 11) is 0. The minimum Gasteiger partial charge on any atom is -0.348 e. The van der Waals surface area contributed by atoms with Crippen molar-refractivity contribution in [1.29, 1.82) is 0 Å². The zero-order valence-electron chi connectivity index (χ0n) is 10.6. The van der Waals surface area contributed by atoms with E-state index in [0.29, 0.717) is 12.0 Å². The zero-order chi connectivity index (χ0) is 13.1. The number of hydrogen-bond acceptors (Lipinski definition) is 5. The second-order valence-corrected chi connectivity index (χ2v) is 7.02. The van der Waals surface area contributed by atoms with Gasteiger partial charge in [0, 0.05) is 30.2 Å². The van der Waals surface area contributed by atoms with Crippen LogP contribution in [0.5, 0.6) is 0 Å². The number of nitrogens with zero attached hydrogens (tertiary/aromatic N) is 2. The number of piperidine rings is 3.